The van der Waals surface area contributed by atoms with Crippen LogP contribution < -0.4 is 10.1 Å². The summed E-state index contributed by atoms with van der Waals surface area (Å²) in [5.41, 5.74) is 3.42. The van der Waals surface area contributed by atoms with Crippen molar-refractivity contribution in [1.82, 2.24) is 5.01 Å². The van der Waals surface area contributed by atoms with E-state index in [1.165, 1.54) is 5.01 Å². The van der Waals surface area contributed by atoms with Gasteiger partial charge >= 0.3 is 0 Å². The van der Waals surface area contributed by atoms with Crippen LogP contribution in [-0.2, 0) is 9.59 Å². The molecule has 0 aromatic heterocycles. The summed E-state index contributed by atoms with van der Waals surface area (Å²) in [6.07, 6.45) is 0.726. The molecular formula is C26H24BrN3O3. The number of carbonyl (C=O) groups excluding carboxylic acids is 2. The number of hydrazone groups is 1. The number of nitrogens with one attached hydrogen (secondary N) is 1. The SMILES string of the molecule is COc1ccccc1NC(=O)CCC(=O)N1N=C(c2ccc(Br)cc2)C[C@@H]1c1ccccc1. The van der Waals surface area contributed by atoms with Gasteiger partial charge in [0.2, 0.25) is 11.8 Å². The molecule has 1 heterocycles. The normalized spacial score (nSPS) is 15.2. The summed E-state index contributed by atoms with van der Waals surface area (Å²) in [6, 6.07) is 24.7. The van der Waals surface area contributed by atoms with Gasteiger partial charge in [-0.25, -0.2) is 5.01 Å². The van der Waals surface area contributed by atoms with Crippen LogP contribution in [0.15, 0.2) is 88.4 Å². The molecule has 0 saturated carbocycles. The topological polar surface area (TPSA) is 71.0 Å². The number of benzene rings is 3. The maximum Gasteiger partial charge on any atom is 0.243 e. The fourth-order valence-corrected chi connectivity index (χ4v) is 4.05. The molecule has 7 heteroatoms. The minimum absolute atomic E-state index is 0.0536. The average molecular weight is 506 g/mol. The molecule has 6 nitrogen and oxygen atoms in total. The Labute approximate surface area is 201 Å². The summed E-state index contributed by atoms with van der Waals surface area (Å²) in [7, 11) is 1.55. The van der Waals surface area contributed by atoms with Crippen LogP contribution in [0.2, 0.25) is 0 Å². The van der Waals surface area contributed by atoms with E-state index in [2.05, 4.69) is 26.3 Å². The van der Waals surface area contributed by atoms with Crippen LogP contribution in [0.3, 0.4) is 0 Å². The minimum Gasteiger partial charge on any atom is -0.495 e. The van der Waals surface area contributed by atoms with Gasteiger partial charge in [0.15, 0.2) is 0 Å². The predicted octanol–water partition coefficient (Wildman–Crippen LogP) is 5.55. The molecule has 0 unspecified atom stereocenters. The van der Waals surface area contributed by atoms with Gasteiger partial charge in [0.1, 0.15) is 5.75 Å². The van der Waals surface area contributed by atoms with Crippen molar-refractivity contribution in [2.45, 2.75) is 25.3 Å². The number of methoxy groups -OCH3 is 1. The molecule has 0 aliphatic carbocycles. The van der Waals surface area contributed by atoms with Crippen molar-refractivity contribution in [3.05, 3.63) is 94.5 Å². The van der Waals surface area contributed by atoms with E-state index >= 15 is 0 Å². The first-order valence-corrected chi connectivity index (χ1v) is 11.5. The maximum absolute atomic E-state index is 13.1. The van der Waals surface area contributed by atoms with Crippen molar-refractivity contribution in [2.75, 3.05) is 12.4 Å². The Kier molecular flexibility index (Phi) is 7.19. The zero-order valence-corrected chi connectivity index (χ0v) is 19.8. The number of para-hydroxylation sites is 2. The lowest BCUT2D eigenvalue weighted by molar-refractivity contribution is -0.134. The number of anilines is 1. The molecule has 3 aromatic carbocycles. The van der Waals surface area contributed by atoms with Gasteiger partial charge in [-0.3, -0.25) is 9.59 Å². The van der Waals surface area contributed by atoms with Crippen molar-refractivity contribution in [2.24, 2.45) is 5.10 Å². The third kappa shape index (κ3) is 5.49. The lowest BCUT2D eigenvalue weighted by atomic mass is 9.98. The molecule has 0 radical (unpaired) electrons. The first kappa shape index (κ1) is 22.7. The number of hydrogen-bond donors (Lipinski definition) is 1. The largest absolute Gasteiger partial charge is 0.495 e. The number of carbonyl (C=O) groups is 2. The molecule has 168 valence electrons. The molecule has 33 heavy (non-hydrogen) atoms. The number of amides is 2. The van der Waals surface area contributed by atoms with Gasteiger partial charge in [-0.05, 0) is 35.4 Å². The molecule has 0 saturated heterocycles. The molecule has 1 N–H and O–H groups in total. The van der Waals surface area contributed by atoms with Gasteiger partial charge in [-0.2, -0.15) is 5.10 Å². The zero-order valence-electron chi connectivity index (χ0n) is 18.2. The maximum atomic E-state index is 13.1. The zero-order chi connectivity index (χ0) is 23.2. The number of nitrogens with zero attached hydrogens (tertiary/aromatic N) is 2. The standard InChI is InChI=1S/C26H24BrN3O3/c1-33-24-10-6-5-9-21(24)28-25(31)15-16-26(32)30-23(19-7-3-2-4-8-19)17-22(29-30)18-11-13-20(27)14-12-18/h2-14,23H,15-17H2,1H3,(H,28,31)/t23-/m1/s1. The minimum atomic E-state index is -0.250. The molecule has 3 aromatic rings. The van der Waals surface area contributed by atoms with E-state index in [0.717, 1.165) is 21.3 Å². The van der Waals surface area contributed by atoms with Crippen LogP contribution in [0.4, 0.5) is 5.69 Å². The Morgan fingerprint density at radius 3 is 2.42 bits per heavy atom. The molecule has 0 fully saturated rings. The highest BCUT2D eigenvalue weighted by Gasteiger charge is 2.33. The number of halogens is 1. The highest BCUT2D eigenvalue weighted by molar-refractivity contribution is 9.10. The summed E-state index contributed by atoms with van der Waals surface area (Å²) in [6.45, 7) is 0. The molecular weight excluding hydrogens is 482 g/mol. The van der Waals surface area contributed by atoms with E-state index < -0.39 is 0 Å². The van der Waals surface area contributed by atoms with Gasteiger partial charge < -0.3 is 10.1 Å². The quantitative estimate of drug-likeness (QED) is 0.457. The second-order valence-corrected chi connectivity index (χ2v) is 8.59. The molecule has 0 spiro atoms. The van der Waals surface area contributed by atoms with Gasteiger partial charge in [-0.15, -0.1) is 0 Å². The average Bonchev–Trinajstić information content (AvgIpc) is 3.29. The van der Waals surface area contributed by atoms with Crippen LogP contribution >= 0.6 is 15.9 Å². The Hall–Kier alpha value is -3.45. The van der Waals surface area contributed by atoms with E-state index in [-0.39, 0.29) is 30.7 Å². The first-order chi connectivity index (χ1) is 16.0. The van der Waals surface area contributed by atoms with Crippen LogP contribution in [0.5, 0.6) is 5.75 Å². The van der Waals surface area contributed by atoms with Crippen LogP contribution in [0.1, 0.15) is 36.4 Å². The lowest BCUT2D eigenvalue weighted by Gasteiger charge is -2.22. The number of ether oxygens (including phenoxy) is 1. The lowest BCUT2D eigenvalue weighted by Crippen LogP contribution is -2.28. The molecule has 1 aliphatic heterocycles. The highest BCUT2D eigenvalue weighted by Crippen LogP contribution is 2.33. The number of rotatable bonds is 7. The Bertz CT molecular complexity index is 1160. The van der Waals surface area contributed by atoms with Crippen molar-refractivity contribution in [3.63, 3.8) is 0 Å². The summed E-state index contributed by atoms with van der Waals surface area (Å²) < 4.78 is 6.25. The van der Waals surface area contributed by atoms with Crippen molar-refractivity contribution < 1.29 is 14.3 Å². The van der Waals surface area contributed by atoms with E-state index in [0.29, 0.717) is 17.9 Å². The second-order valence-electron chi connectivity index (χ2n) is 7.67. The molecule has 4 rings (SSSR count). The second kappa shape index (κ2) is 10.4. The van der Waals surface area contributed by atoms with Gasteiger partial charge in [0.05, 0.1) is 24.6 Å². The van der Waals surface area contributed by atoms with Crippen LogP contribution in [0.25, 0.3) is 0 Å². The van der Waals surface area contributed by atoms with Crippen LogP contribution in [-0.4, -0.2) is 29.6 Å². The Morgan fingerprint density at radius 2 is 1.70 bits per heavy atom. The molecule has 0 bridgehead atoms. The third-order valence-electron chi connectivity index (χ3n) is 5.47. The summed E-state index contributed by atoms with van der Waals surface area (Å²) >= 11 is 3.45. The summed E-state index contributed by atoms with van der Waals surface area (Å²) in [5, 5.41) is 9.01. The Morgan fingerprint density at radius 1 is 1.00 bits per heavy atom. The molecule has 2 amide bonds. The highest BCUT2D eigenvalue weighted by atomic mass is 79.9. The molecule has 1 atom stereocenters. The third-order valence-corrected chi connectivity index (χ3v) is 6.00. The van der Waals surface area contributed by atoms with Crippen molar-refractivity contribution in [1.29, 1.82) is 0 Å². The molecule has 1 aliphatic rings. The van der Waals surface area contributed by atoms with Gasteiger partial charge in [0, 0.05) is 23.7 Å². The van der Waals surface area contributed by atoms with Gasteiger partial charge in [-0.1, -0.05) is 70.5 Å². The van der Waals surface area contributed by atoms with E-state index in [1.807, 2.05) is 66.7 Å². The van der Waals surface area contributed by atoms with Crippen LogP contribution in [0, 0.1) is 0 Å². The van der Waals surface area contributed by atoms with E-state index in [1.54, 1.807) is 19.2 Å². The van der Waals surface area contributed by atoms with Gasteiger partial charge in [0.25, 0.3) is 0 Å². The Balaban J connectivity index is 1.48. The van der Waals surface area contributed by atoms with Crippen molar-refractivity contribution in [3.8, 4) is 5.75 Å². The first-order valence-electron chi connectivity index (χ1n) is 10.7. The fourth-order valence-electron chi connectivity index (χ4n) is 3.79. The van der Waals surface area contributed by atoms with E-state index in [9.17, 15) is 9.59 Å². The summed E-state index contributed by atoms with van der Waals surface area (Å²) in [4.78, 5) is 25.6. The predicted molar refractivity (Wildman–Crippen MR) is 132 cm³/mol. The number of hydrogen-bond acceptors (Lipinski definition) is 4. The van der Waals surface area contributed by atoms with Crippen molar-refractivity contribution >= 4 is 39.1 Å². The smallest absolute Gasteiger partial charge is 0.243 e. The monoisotopic (exact) mass is 505 g/mol. The fraction of sp³-hybridized carbons (Fsp3) is 0.192. The summed E-state index contributed by atoms with van der Waals surface area (Å²) in [5.74, 6) is 0.135. The van der Waals surface area contributed by atoms with E-state index in [4.69, 9.17) is 4.74 Å².